The maximum Gasteiger partial charge on any atom is 0.169 e. The summed E-state index contributed by atoms with van der Waals surface area (Å²) in [6, 6.07) is 10.6. The molecule has 19 heavy (non-hydrogen) atoms. The molecule has 2 aromatic rings. The van der Waals surface area contributed by atoms with E-state index in [1.165, 1.54) is 0 Å². The topological polar surface area (TPSA) is 64.7 Å². The quantitative estimate of drug-likeness (QED) is 0.847. The third-order valence-corrected chi connectivity index (χ3v) is 3.10. The first-order valence-electron chi connectivity index (χ1n) is 5.64. The van der Waals surface area contributed by atoms with Crippen molar-refractivity contribution in [2.24, 2.45) is 0 Å². The second kappa shape index (κ2) is 5.95. The molecule has 0 aliphatic heterocycles. The summed E-state index contributed by atoms with van der Waals surface area (Å²) in [5.74, 6) is 1.64. The minimum absolute atomic E-state index is 0.0460. The standard InChI is InChI=1S/C14H14BrNO3/c1-18-14-6-9(8-17)2-5-12(14)19-13-7-10(15)3-4-11(13)16/h2-7,17H,8,16H2,1H3. The van der Waals surface area contributed by atoms with E-state index in [4.69, 9.17) is 20.3 Å². The summed E-state index contributed by atoms with van der Waals surface area (Å²) in [5.41, 5.74) is 7.15. The van der Waals surface area contributed by atoms with Gasteiger partial charge in [0.25, 0.3) is 0 Å². The minimum Gasteiger partial charge on any atom is -0.493 e. The molecule has 0 aromatic heterocycles. The fraction of sp³-hybridized carbons (Fsp3) is 0.143. The monoisotopic (exact) mass is 323 g/mol. The largest absolute Gasteiger partial charge is 0.493 e. The Bertz CT molecular complexity index is 587. The van der Waals surface area contributed by atoms with Crippen LogP contribution in [0.3, 0.4) is 0 Å². The lowest BCUT2D eigenvalue weighted by molar-refractivity contribution is 0.280. The molecule has 0 amide bonds. The molecule has 4 nitrogen and oxygen atoms in total. The van der Waals surface area contributed by atoms with Crippen LogP contribution in [-0.4, -0.2) is 12.2 Å². The van der Waals surface area contributed by atoms with E-state index in [0.717, 1.165) is 10.0 Å². The van der Waals surface area contributed by atoms with Crippen LogP contribution >= 0.6 is 15.9 Å². The van der Waals surface area contributed by atoms with Crippen LogP contribution in [0.25, 0.3) is 0 Å². The van der Waals surface area contributed by atoms with Crippen molar-refractivity contribution in [2.45, 2.75) is 6.61 Å². The number of methoxy groups -OCH3 is 1. The molecule has 0 aliphatic carbocycles. The van der Waals surface area contributed by atoms with E-state index < -0.39 is 0 Å². The number of anilines is 1. The zero-order chi connectivity index (χ0) is 13.8. The number of nitrogens with two attached hydrogens (primary N) is 1. The fourth-order valence-corrected chi connectivity index (χ4v) is 1.95. The maximum absolute atomic E-state index is 9.10. The number of halogens is 1. The molecule has 0 bridgehead atoms. The van der Waals surface area contributed by atoms with E-state index in [-0.39, 0.29) is 6.61 Å². The van der Waals surface area contributed by atoms with Crippen LogP contribution in [-0.2, 0) is 6.61 Å². The third-order valence-electron chi connectivity index (χ3n) is 2.61. The summed E-state index contributed by atoms with van der Waals surface area (Å²) >= 11 is 3.37. The molecule has 2 aromatic carbocycles. The van der Waals surface area contributed by atoms with Gasteiger partial charge in [-0.3, -0.25) is 0 Å². The van der Waals surface area contributed by atoms with Crippen LogP contribution in [0.5, 0.6) is 17.2 Å². The predicted molar refractivity (Wildman–Crippen MR) is 77.5 cm³/mol. The maximum atomic E-state index is 9.10. The number of benzene rings is 2. The predicted octanol–water partition coefficient (Wildman–Crippen LogP) is 3.32. The Morgan fingerprint density at radius 1 is 1.11 bits per heavy atom. The van der Waals surface area contributed by atoms with Crippen molar-refractivity contribution in [3.05, 3.63) is 46.4 Å². The van der Waals surface area contributed by atoms with Crippen LogP contribution in [0.1, 0.15) is 5.56 Å². The molecule has 3 N–H and O–H groups in total. The van der Waals surface area contributed by atoms with Crippen LogP contribution in [0.15, 0.2) is 40.9 Å². The molecular weight excluding hydrogens is 310 g/mol. The Balaban J connectivity index is 2.35. The van der Waals surface area contributed by atoms with Gasteiger partial charge in [-0.25, -0.2) is 0 Å². The summed E-state index contributed by atoms with van der Waals surface area (Å²) in [6.45, 7) is -0.0460. The van der Waals surface area contributed by atoms with Gasteiger partial charge in [-0.05, 0) is 35.9 Å². The molecule has 0 aliphatic rings. The highest BCUT2D eigenvalue weighted by atomic mass is 79.9. The molecule has 0 heterocycles. The number of hydrogen-bond acceptors (Lipinski definition) is 4. The van der Waals surface area contributed by atoms with Gasteiger partial charge >= 0.3 is 0 Å². The van der Waals surface area contributed by atoms with Crippen molar-refractivity contribution in [2.75, 3.05) is 12.8 Å². The van der Waals surface area contributed by atoms with E-state index in [2.05, 4.69) is 15.9 Å². The summed E-state index contributed by atoms with van der Waals surface area (Å²) in [6.07, 6.45) is 0. The summed E-state index contributed by atoms with van der Waals surface area (Å²) in [5, 5.41) is 9.10. The van der Waals surface area contributed by atoms with E-state index in [9.17, 15) is 0 Å². The highest BCUT2D eigenvalue weighted by Gasteiger charge is 2.09. The molecular formula is C14H14BrNO3. The summed E-state index contributed by atoms with van der Waals surface area (Å²) in [7, 11) is 1.55. The van der Waals surface area contributed by atoms with Gasteiger partial charge in [0, 0.05) is 4.47 Å². The average Bonchev–Trinajstić information content (AvgIpc) is 2.43. The van der Waals surface area contributed by atoms with Gasteiger partial charge in [-0.2, -0.15) is 0 Å². The number of ether oxygens (including phenoxy) is 2. The Morgan fingerprint density at radius 2 is 1.89 bits per heavy atom. The van der Waals surface area contributed by atoms with Crippen molar-refractivity contribution in [3.8, 4) is 17.2 Å². The molecule has 0 atom stereocenters. The second-order valence-corrected chi connectivity index (χ2v) is 4.84. The molecule has 100 valence electrons. The van der Waals surface area contributed by atoms with Gasteiger partial charge < -0.3 is 20.3 Å². The number of aliphatic hydroxyl groups is 1. The van der Waals surface area contributed by atoms with Crippen LogP contribution in [0, 0.1) is 0 Å². The van der Waals surface area contributed by atoms with Crippen LogP contribution in [0.2, 0.25) is 0 Å². The van der Waals surface area contributed by atoms with Crippen molar-refractivity contribution in [1.82, 2.24) is 0 Å². The van der Waals surface area contributed by atoms with Gasteiger partial charge in [-0.15, -0.1) is 0 Å². The van der Waals surface area contributed by atoms with Gasteiger partial charge in [-0.1, -0.05) is 22.0 Å². The minimum atomic E-state index is -0.0460. The van der Waals surface area contributed by atoms with Crippen molar-refractivity contribution < 1.29 is 14.6 Å². The van der Waals surface area contributed by atoms with Crippen LogP contribution < -0.4 is 15.2 Å². The number of nitrogen functional groups attached to an aromatic ring is 1. The van der Waals surface area contributed by atoms with Gasteiger partial charge in [0.1, 0.15) is 0 Å². The molecule has 0 saturated heterocycles. The second-order valence-electron chi connectivity index (χ2n) is 3.93. The zero-order valence-electron chi connectivity index (χ0n) is 10.4. The first-order chi connectivity index (χ1) is 9.13. The molecule has 0 fully saturated rings. The van der Waals surface area contributed by atoms with E-state index in [1.807, 2.05) is 6.07 Å². The van der Waals surface area contributed by atoms with E-state index in [0.29, 0.717) is 22.9 Å². The SMILES string of the molecule is COc1cc(CO)ccc1Oc1cc(Br)ccc1N. The highest BCUT2D eigenvalue weighted by Crippen LogP contribution is 2.36. The Kier molecular flexibility index (Phi) is 4.29. The highest BCUT2D eigenvalue weighted by molar-refractivity contribution is 9.10. The number of aliphatic hydroxyl groups excluding tert-OH is 1. The summed E-state index contributed by atoms with van der Waals surface area (Å²) in [4.78, 5) is 0. The molecule has 0 unspecified atom stereocenters. The van der Waals surface area contributed by atoms with Crippen LogP contribution in [0.4, 0.5) is 5.69 Å². The smallest absolute Gasteiger partial charge is 0.169 e. The van der Waals surface area contributed by atoms with E-state index >= 15 is 0 Å². The average molecular weight is 324 g/mol. The Morgan fingerprint density at radius 3 is 2.58 bits per heavy atom. The van der Waals surface area contributed by atoms with E-state index in [1.54, 1.807) is 37.4 Å². The lowest BCUT2D eigenvalue weighted by Gasteiger charge is -2.13. The number of hydrogen-bond donors (Lipinski definition) is 2. The molecule has 0 saturated carbocycles. The van der Waals surface area contributed by atoms with Gasteiger partial charge in [0.2, 0.25) is 0 Å². The molecule has 2 rings (SSSR count). The van der Waals surface area contributed by atoms with Gasteiger partial charge in [0.05, 0.1) is 19.4 Å². The lowest BCUT2D eigenvalue weighted by Crippen LogP contribution is -1.95. The zero-order valence-corrected chi connectivity index (χ0v) is 12.0. The van der Waals surface area contributed by atoms with Crippen molar-refractivity contribution in [3.63, 3.8) is 0 Å². The molecule has 5 heteroatoms. The first-order valence-corrected chi connectivity index (χ1v) is 6.44. The Labute approximate surface area is 119 Å². The third kappa shape index (κ3) is 3.19. The molecule has 0 spiro atoms. The van der Waals surface area contributed by atoms with Gasteiger partial charge in [0.15, 0.2) is 17.2 Å². The number of rotatable bonds is 4. The molecule has 0 radical (unpaired) electrons. The summed E-state index contributed by atoms with van der Waals surface area (Å²) < 4.78 is 11.9. The first kappa shape index (κ1) is 13.7. The lowest BCUT2D eigenvalue weighted by atomic mass is 10.2. The van der Waals surface area contributed by atoms with Crippen molar-refractivity contribution >= 4 is 21.6 Å². The normalized spacial score (nSPS) is 10.3. The Hall–Kier alpha value is -1.72. The fourth-order valence-electron chi connectivity index (χ4n) is 1.61. The van der Waals surface area contributed by atoms with Crippen molar-refractivity contribution in [1.29, 1.82) is 0 Å².